The lowest BCUT2D eigenvalue weighted by molar-refractivity contribution is -0.144. The van der Waals surface area contributed by atoms with E-state index < -0.39 is 11.5 Å². The fourth-order valence-corrected chi connectivity index (χ4v) is 3.50. The summed E-state index contributed by atoms with van der Waals surface area (Å²) in [7, 11) is 2.16. The van der Waals surface area contributed by atoms with E-state index in [1.54, 1.807) is 0 Å². The number of hydrogen-bond acceptors (Lipinski definition) is 3. The van der Waals surface area contributed by atoms with E-state index in [0.29, 0.717) is 18.5 Å². The number of hydrogen-bond donors (Lipinski definition) is 2. The second-order valence-electron chi connectivity index (χ2n) is 7.37. The van der Waals surface area contributed by atoms with Gasteiger partial charge >= 0.3 is 5.97 Å². The molecule has 4 nitrogen and oxygen atoms in total. The Hall–Kier alpha value is -0.610. The van der Waals surface area contributed by atoms with Crippen LogP contribution in [0.4, 0.5) is 0 Å². The topological polar surface area (TPSA) is 52.6 Å². The monoisotopic (exact) mass is 296 g/mol. The Kier molecular flexibility index (Phi) is 5.67. The molecule has 2 aliphatic carbocycles. The molecule has 0 aliphatic heterocycles. The van der Waals surface area contributed by atoms with Crippen LogP contribution >= 0.6 is 0 Å². The van der Waals surface area contributed by atoms with E-state index in [4.69, 9.17) is 0 Å². The maximum absolute atomic E-state index is 11.6. The van der Waals surface area contributed by atoms with Crippen molar-refractivity contribution in [1.29, 1.82) is 0 Å². The third kappa shape index (κ3) is 4.68. The number of nitrogens with one attached hydrogen (secondary N) is 1. The molecule has 21 heavy (non-hydrogen) atoms. The van der Waals surface area contributed by atoms with Crippen LogP contribution in [0.3, 0.4) is 0 Å². The molecule has 4 heteroatoms. The van der Waals surface area contributed by atoms with Crippen LogP contribution in [-0.2, 0) is 4.79 Å². The number of carbonyl (C=O) groups is 1. The molecule has 0 aromatic heterocycles. The summed E-state index contributed by atoms with van der Waals surface area (Å²) >= 11 is 0. The summed E-state index contributed by atoms with van der Waals surface area (Å²) in [5, 5.41) is 12.8. The fourth-order valence-electron chi connectivity index (χ4n) is 3.50. The smallest absolute Gasteiger partial charge is 0.323 e. The normalized spacial score (nSPS) is 29.3. The second-order valence-corrected chi connectivity index (χ2v) is 7.37. The quantitative estimate of drug-likeness (QED) is 0.723. The van der Waals surface area contributed by atoms with Crippen molar-refractivity contribution in [3.05, 3.63) is 0 Å². The molecule has 122 valence electrons. The molecule has 0 amide bonds. The molecule has 1 atom stereocenters. The predicted molar refractivity (Wildman–Crippen MR) is 85.5 cm³/mol. The maximum atomic E-state index is 11.6. The van der Waals surface area contributed by atoms with Gasteiger partial charge in [0.1, 0.15) is 5.54 Å². The molecule has 0 bridgehead atoms. The van der Waals surface area contributed by atoms with Gasteiger partial charge in [0.2, 0.25) is 0 Å². The van der Waals surface area contributed by atoms with E-state index >= 15 is 0 Å². The summed E-state index contributed by atoms with van der Waals surface area (Å²) in [4.78, 5) is 14.0. The number of carboxylic acids is 1. The SMILES string of the molecule is CCC1CCC(N(C)CCC(C)(NC2CC2)C(=O)O)CC1. The zero-order valence-corrected chi connectivity index (χ0v) is 13.9. The van der Waals surface area contributed by atoms with Crippen molar-refractivity contribution in [1.82, 2.24) is 10.2 Å². The minimum atomic E-state index is -0.768. The molecular weight excluding hydrogens is 264 g/mol. The summed E-state index contributed by atoms with van der Waals surface area (Å²) in [5.41, 5.74) is -0.768. The van der Waals surface area contributed by atoms with Crippen molar-refractivity contribution in [2.75, 3.05) is 13.6 Å². The highest BCUT2D eigenvalue weighted by Gasteiger charge is 2.38. The van der Waals surface area contributed by atoms with Gasteiger partial charge in [0.25, 0.3) is 0 Å². The van der Waals surface area contributed by atoms with E-state index in [0.717, 1.165) is 25.3 Å². The van der Waals surface area contributed by atoms with E-state index in [1.165, 1.54) is 32.1 Å². The zero-order chi connectivity index (χ0) is 15.5. The Labute approximate surface area is 129 Å². The van der Waals surface area contributed by atoms with Crippen LogP contribution in [-0.4, -0.2) is 47.2 Å². The summed E-state index contributed by atoms with van der Waals surface area (Å²) in [6, 6.07) is 1.07. The first-order valence-electron chi connectivity index (χ1n) is 8.66. The van der Waals surface area contributed by atoms with Gasteiger partial charge in [-0.15, -0.1) is 0 Å². The van der Waals surface area contributed by atoms with Gasteiger partial charge in [-0.2, -0.15) is 0 Å². The van der Waals surface area contributed by atoms with Crippen LogP contribution < -0.4 is 5.32 Å². The number of carboxylic acid groups (broad SMARTS) is 1. The Morgan fingerprint density at radius 1 is 1.24 bits per heavy atom. The molecule has 0 saturated heterocycles. The third-order valence-corrected chi connectivity index (χ3v) is 5.55. The van der Waals surface area contributed by atoms with Crippen molar-refractivity contribution >= 4 is 5.97 Å². The van der Waals surface area contributed by atoms with Gasteiger partial charge in [-0.25, -0.2) is 0 Å². The van der Waals surface area contributed by atoms with E-state index in [9.17, 15) is 9.90 Å². The van der Waals surface area contributed by atoms with Crippen LogP contribution in [0, 0.1) is 5.92 Å². The standard InChI is InChI=1S/C17H32N2O2/c1-4-13-5-9-15(10-6-13)19(3)12-11-17(2,16(20)21)18-14-7-8-14/h13-15,18H,4-12H2,1-3H3,(H,20,21). The molecule has 0 spiro atoms. The van der Waals surface area contributed by atoms with Gasteiger partial charge in [-0.3, -0.25) is 10.1 Å². The number of rotatable bonds is 8. The molecule has 2 N–H and O–H groups in total. The Balaban J connectivity index is 1.78. The average molecular weight is 296 g/mol. The minimum absolute atomic E-state index is 0.427. The molecule has 1 unspecified atom stereocenters. The Morgan fingerprint density at radius 2 is 1.86 bits per heavy atom. The Morgan fingerprint density at radius 3 is 2.33 bits per heavy atom. The molecule has 2 rings (SSSR count). The fraction of sp³-hybridized carbons (Fsp3) is 0.941. The van der Waals surface area contributed by atoms with Gasteiger partial charge in [0.15, 0.2) is 0 Å². The van der Waals surface area contributed by atoms with Crippen LogP contribution in [0.1, 0.15) is 65.2 Å². The minimum Gasteiger partial charge on any atom is -0.480 e. The molecule has 0 aromatic rings. The van der Waals surface area contributed by atoms with Crippen molar-refractivity contribution in [2.24, 2.45) is 5.92 Å². The van der Waals surface area contributed by atoms with Crippen molar-refractivity contribution in [2.45, 2.75) is 82.8 Å². The highest BCUT2D eigenvalue weighted by Crippen LogP contribution is 2.30. The maximum Gasteiger partial charge on any atom is 0.323 e. The third-order valence-electron chi connectivity index (χ3n) is 5.55. The first-order valence-corrected chi connectivity index (χ1v) is 8.66. The van der Waals surface area contributed by atoms with Crippen LogP contribution in [0.15, 0.2) is 0 Å². The Bertz CT molecular complexity index is 349. The largest absolute Gasteiger partial charge is 0.480 e. The van der Waals surface area contributed by atoms with E-state index in [2.05, 4.69) is 24.2 Å². The van der Waals surface area contributed by atoms with Gasteiger partial charge < -0.3 is 10.0 Å². The highest BCUT2D eigenvalue weighted by molar-refractivity contribution is 5.78. The molecule has 0 aromatic carbocycles. The molecule has 0 heterocycles. The highest BCUT2D eigenvalue weighted by atomic mass is 16.4. The van der Waals surface area contributed by atoms with Crippen LogP contribution in [0.25, 0.3) is 0 Å². The van der Waals surface area contributed by atoms with Crippen molar-refractivity contribution in [3.8, 4) is 0 Å². The zero-order valence-electron chi connectivity index (χ0n) is 13.9. The average Bonchev–Trinajstić information content (AvgIpc) is 3.28. The number of nitrogens with zero attached hydrogens (tertiary/aromatic N) is 1. The lowest BCUT2D eigenvalue weighted by Crippen LogP contribution is -2.52. The summed E-state index contributed by atoms with van der Waals surface area (Å²) in [5.74, 6) is 0.202. The van der Waals surface area contributed by atoms with Crippen LogP contribution in [0.2, 0.25) is 0 Å². The van der Waals surface area contributed by atoms with Gasteiger partial charge in [-0.1, -0.05) is 13.3 Å². The summed E-state index contributed by atoms with van der Waals surface area (Å²) < 4.78 is 0. The molecule has 0 radical (unpaired) electrons. The lowest BCUT2D eigenvalue weighted by atomic mass is 9.84. The van der Waals surface area contributed by atoms with E-state index in [-0.39, 0.29) is 0 Å². The predicted octanol–water partition coefficient (Wildman–Crippen LogP) is 2.87. The molecule has 2 fully saturated rings. The van der Waals surface area contributed by atoms with Crippen molar-refractivity contribution in [3.63, 3.8) is 0 Å². The van der Waals surface area contributed by atoms with Gasteiger partial charge in [0, 0.05) is 18.6 Å². The van der Waals surface area contributed by atoms with Gasteiger partial charge in [-0.05, 0) is 64.8 Å². The first-order chi connectivity index (χ1) is 9.94. The second kappa shape index (κ2) is 7.10. The molecule has 2 aliphatic rings. The molecule has 2 saturated carbocycles. The number of aliphatic carboxylic acids is 1. The molecular formula is C17H32N2O2. The lowest BCUT2D eigenvalue weighted by Gasteiger charge is -2.36. The summed E-state index contributed by atoms with van der Waals surface area (Å²) in [6.07, 6.45) is 9.45. The van der Waals surface area contributed by atoms with Crippen molar-refractivity contribution < 1.29 is 9.90 Å². The van der Waals surface area contributed by atoms with Crippen LogP contribution in [0.5, 0.6) is 0 Å². The van der Waals surface area contributed by atoms with E-state index in [1.807, 2.05) is 6.92 Å². The van der Waals surface area contributed by atoms with Gasteiger partial charge in [0.05, 0.1) is 0 Å². The summed E-state index contributed by atoms with van der Waals surface area (Å²) in [6.45, 7) is 5.00. The first kappa shape index (κ1) is 16.8.